The van der Waals surface area contributed by atoms with Gasteiger partial charge in [0.15, 0.2) is 0 Å². The molecule has 0 bridgehead atoms. The van der Waals surface area contributed by atoms with Crippen LogP contribution in [0.15, 0.2) is 30.3 Å². The smallest absolute Gasteiger partial charge is 0.0565 e. The molecule has 19 heavy (non-hydrogen) atoms. The average Bonchev–Trinajstić information content (AvgIpc) is 2.36. The second-order valence-corrected chi connectivity index (χ2v) is 6.02. The summed E-state index contributed by atoms with van der Waals surface area (Å²) in [7, 11) is 0. The molecule has 3 unspecified atom stereocenters. The van der Waals surface area contributed by atoms with Crippen LogP contribution < -0.4 is 5.32 Å². The molecule has 0 saturated carbocycles. The van der Waals surface area contributed by atoms with Crippen molar-refractivity contribution in [2.75, 3.05) is 0 Å². The molecule has 1 aromatic rings. The van der Waals surface area contributed by atoms with Gasteiger partial charge >= 0.3 is 0 Å². The van der Waals surface area contributed by atoms with E-state index >= 15 is 0 Å². The zero-order chi connectivity index (χ0) is 13.7. The second kappa shape index (κ2) is 7.06. The van der Waals surface area contributed by atoms with Crippen LogP contribution in [0.1, 0.15) is 45.6 Å². The maximum Gasteiger partial charge on any atom is 0.0565 e. The number of benzene rings is 1. The zero-order valence-corrected chi connectivity index (χ0v) is 12.4. The molecule has 0 radical (unpaired) electrons. The molecule has 1 aliphatic rings. The molecule has 1 fully saturated rings. The normalized spacial score (nSPS) is 29.1. The summed E-state index contributed by atoms with van der Waals surface area (Å²) < 4.78 is 5.79. The summed E-state index contributed by atoms with van der Waals surface area (Å²) in [5.74, 6) is 0. The maximum absolute atomic E-state index is 5.79. The number of hydrogen-bond acceptors (Lipinski definition) is 2. The topological polar surface area (TPSA) is 21.3 Å². The van der Waals surface area contributed by atoms with Crippen molar-refractivity contribution >= 4 is 0 Å². The Bertz CT molecular complexity index is 355. The molecular formula is C17H27NO. The molecule has 1 heterocycles. The Morgan fingerprint density at radius 1 is 1.16 bits per heavy atom. The van der Waals surface area contributed by atoms with E-state index in [9.17, 15) is 0 Å². The monoisotopic (exact) mass is 261 g/mol. The highest BCUT2D eigenvalue weighted by Gasteiger charge is 2.24. The van der Waals surface area contributed by atoms with Crippen LogP contribution >= 0.6 is 0 Å². The van der Waals surface area contributed by atoms with Gasteiger partial charge in [0.05, 0.1) is 12.2 Å². The Morgan fingerprint density at radius 3 is 2.42 bits per heavy atom. The number of aryl methyl sites for hydroxylation is 1. The van der Waals surface area contributed by atoms with Gasteiger partial charge in [-0.15, -0.1) is 0 Å². The molecule has 106 valence electrons. The highest BCUT2D eigenvalue weighted by atomic mass is 16.5. The van der Waals surface area contributed by atoms with Crippen molar-refractivity contribution in [1.82, 2.24) is 5.32 Å². The summed E-state index contributed by atoms with van der Waals surface area (Å²) in [6, 6.07) is 11.9. The first kappa shape index (κ1) is 14.5. The van der Waals surface area contributed by atoms with Gasteiger partial charge in [0.2, 0.25) is 0 Å². The summed E-state index contributed by atoms with van der Waals surface area (Å²) in [5.41, 5.74) is 1.44. The lowest BCUT2D eigenvalue weighted by Crippen LogP contribution is -2.44. The fourth-order valence-electron chi connectivity index (χ4n) is 3.05. The van der Waals surface area contributed by atoms with E-state index in [0.29, 0.717) is 24.3 Å². The molecule has 0 spiro atoms. The van der Waals surface area contributed by atoms with E-state index in [-0.39, 0.29) is 0 Å². The predicted octanol–water partition coefficient (Wildman–Crippen LogP) is 3.55. The van der Waals surface area contributed by atoms with E-state index in [2.05, 4.69) is 56.4 Å². The van der Waals surface area contributed by atoms with Crippen molar-refractivity contribution in [3.05, 3.63) is 35.9 Å². The van der Waals surface area contributed by atoms with Crippen LogP contribution in [0.5, 0.6) is 0 Å². The van der Waals surface area contributed by atoms with Crippen LogP contribution in [0.3, 0.4) is 0 Å². The molecule has 1 aliphatic heterocycles. The summed E-state index contributed by atoms with van der Waals surface area (Å²) >= 11 is 0. The molecule has 2 rings (SSSR count). The average molecular weight is 261 g/mol. The van der Waals surface area contributed by atoms with Crippen LogP contribution in [0.25, 0.3) is 0 Å². The molecule has 2 nitrogen and oxygen atoms in total. The van der Waals surface area contributed by atoms with Gasteiger partial charge in [-0.3, -0.25) is 0 Å². The molecule has 1 saturated heterocycles. The summed E-state index contributed by atoms with van der Waals surface area (Å²) in [6.07, 6.45) is 5.41. The van der Waals surface area contributed by atoms with E-state index in [1.54, 1.807) is 0 Å². The van der Waals surface area contributed by atoms with Crippen molar-refractivity contribution in [3.8, 4) is 0 Å². The van der Waals surface area contributed by atoms with Crippen molar-refractivity contribution < 1.29 is 4.74 Å². The van der Waals surface area contributed by atoms with Gasteiger partial charge in [-0.05, 0) is 52.0 Å². The molecule has 1 N–H and O–H groups in total. The third-order valence-electron chi connectivity index (χ3n) is 3.93. The predicted molar refractivity (Wildman–Crippen MR) is 80.4 cm³/mol. The van der Waals surface area contributed by atoms with Crippen LogP contribution in [-0.2, 0) is 11.2 Å². The number of nitrogens with one attached hydrogen (secondary N) is 1. The Hall–Kier alpha value is -0.860. The minimum atomic E-state index is 0.391. The largest absolute Gasteiger partial charge is 0.375 e. The molecular weight excluding hydrogens is 234 g/mol. The quantitative estimate of drug-likeness (QED) is 0.875. The van der Waals surface area contributed by atoms with E-state index in [0.717, 1.165) is 19.3 Å². The van der Waals surface area contributed by atoms with Gasteiger partial charge in [0, 0.05) is 12.1 Å². The zero-order valence-electron chi connectivity index (χ0n) is 12.4. The first-order valence-corrected chi connectivity index (χ1v) is 7.59. The number of rotatable bonds is 5. The maximum atomic E-state index is 5.79. The van der Waals surface area contributed by atoms with Gasteiger partial charge in [-0.25, -0.2) is 0 Å². The summed E-state index contributed by atoms with van der Waals surface area (Å²) in [5, 5.41) is 3.77. The fraction of sp³-hybridized carbons (Fsp3) is 0.647. The SMILES string of the molecule is CC(CCc1ccccc1)NC1CC(C)OC(C)C1. The van der Waals surface area contributed by atoms with Gasteiger partial charge in [-0.2, -0.15) is 0 Å². The second-order valence-electron chi connectivity index (χ2n) is 6.02. The first-order chi connectivity index (χ1) is 9.13. The molecule has 1 aromatic carbocycles. The Balaban J connectivity index is 1.73. The van der Waals surface area contributed by atoms with E-state index in [4.69, 9.17) is 4.74 Å². The standard InChI is InChI=1S/C17H27NO/c1-13(9-10-16-7-5-4-6-8-16)18-17-11-14(2)19-15(3)12-17/h4-8,13-15,17-18H,9-12H2,1-3H3. The lowest BCUT2D eigenvalue weighted by molar-refractivity contribution is -0.0433. The van der Waals surface area contributed by atoms with E-state index in [1.807, 2.05) is 0 Å². The van der Waals surface area contributed by atoms with Crippen molar-refractivity contribution in [1.29, 1.82) is 0 Å². The minimum absolute atomic E-state index is 0.391. The van der Waals surface area contributed by atoms with Crippen molar-refractivity contribution in [2.45, 2.75) is 70.7 Å². The Morgan fingerprint density at radius 2 is 1.79 bits per heavy atom. The van der Waals surface area contributed by atoms with Gasteiger partial charge in [0.1, 0.15) is 0 Å². The first-order valence-electron chi connectivity index (χ1n) is 7.59. The minimum Gasteiger partial charge on any atom is -0.375 e. The van der Waals surface area contributed by atoms with E-state index in [1.165, 1.54) is 12.0 Å². The van der Waals surface area contributed by atoms with Crippen molar-refractivity contribution in [3.63, 3.8) is 0 Å². The van der Waals surface area contributed by atoms with Gasteiger partial charge < -0.3 is 10.1 Å². The van der Waals surface area contributed by atoms with Crippen LogP contribution in [0.4, 0.5) is 0 Å². The number of hydrogen-bond donors (Lipinski definition) is 1. The lowest BCUT2D eigenvalue weighted by atomic mass is 9.98. The summed E-state index contributed by atoms with van der Waals surface area (Å²) in [6.45, 7) is 6.66. The van der Waals surface area contributed by atoms with Crippen LogP contribution in [-0.4, -0.2) is 24.3 Å². The van der Waals surface area contributed by atoms with Gasteiger partial charge in [0.25, 0.3) is 0 Å². The molecule has 0 amide bonds. The van der Waals surface area contributed by atoms with Crippen LogP contribution in [0.2, 0.25) is 0 Å². The Labute approximate surface area is 117 Å². The third kappa shape index (κ3) is 4.96. The van der Waals surface area contributed by atoms with Crippen LogP contribution in [0, 0.1) is 0 Å². The Kier molecular flexibility index (Phi) is 5.41. The molecule has 3 atom stereocenters. The molecule has 0 aliphatic carbocycles. The lowest BCUT2D eigenvalue weighted by Gasteiger charge is -2.34. The summed E-state index contributed by atoms with van der Waals surface area (Å²) in [4.78, 5) is 0. The fourth-order valence-corrected chi connectivity index (χ4v) is 3.05. The highest BCUT2D eigenvalue weighted by molar-refractivity contribution is 5.14. The van der Waals surface area contributed by atoms with E-state index < -0.39 is 0 Å². The van der Waals surface area contributed by atoms with Crippen molar-refractivity contribution in [2.24, 2.45) is 0 Å². The number of ether oxygens (including phenoxy) is 1. The van der Waals surface area contributed by atoms with Gasteiger partial charge in [-0.1, -0.05) is 30.3 Å². The molecule has 2 heteroatoms. The molecule has 0 aromatic heterocycles. The highest BCUT2D eigenvalue weighted by Crippen LogP contribution is 2.19. The third-order valence-corrected chi connectivity index (χ3v) is 3.93.